The minimum absolute atomic E-state index is 0.00483. The van der Waals surface area contributed by atoms with Gasteiger partial charge in [0.15, 0.2) is 23.0 Å². The van der Waals surface area contributed by atoms with E-state index in [0.29, 0.717) is 60.1 Å². The summed E-state index contributed by atoms with van der Waals surface area (Å²) in [5.41, 5.74) is 6.97. The lowest BCUT2D eigenvalue weighted by molar-refractivity contribution is 0.374. The van der Waals surface area contributed by atoms with Crippen LogP contribution in [0.1, 0.15) is 23.9 Å². The maximum absolute atomic E-state index is 12.6. The summed E-state index contributed by atoms with van der Waals surface area (Å²) in [6.07, 6.45) is 0.952. The number of methoxy groups -OCH3 is 1. The van der Waals surface area contributed by atoms with E-state index < -0.39 is 11.1 Å². The first kappa shape index (κ1) is 40.5. The lowest BCUT2D eigenvalue weighted by atomic mass is 9.98. The molecule has 5 N–H and O–H groups in total. The maximum atomic E-state index is 12.6. The maximum Gasteiger partial charge on any atom is 0.263 e. The molecule has 14 heteroatoms. The summed E-state index contributed by atoms with van der Waals surface area (Å²) in [5.74, 6) is 0.472. The topological polar surface area (TPSA) is 188 Å². The first-order valence-corrected chi connectivity index (χ1v) is 19.7. The number of hydrogen-bond acceptors (Lipinski definition) is 10. The molecule has 0 fully saturated rings. The number of hydrogen-bond donors (Lipinski definition) is 5. The van der Waals surface area contributed by atoms with Gasteiger partial charge in [0, 0.05) is 39.6 Å². The molecule has 0 spiro atoms. The van der Waals surface area contributed by atoms with E-state index in [0.717, 1.165) is 28.7 Å². The van der Waals surface area contributed by atoms with Crippen molar-refractivity contribution in [3.63, 3.8) is 0 Å². The van der Waals surface area contributed by atoms with Crippen LogP contribution >= 0.6 is 23.2 Å². The number of aromatic nitrogens is 4. The smallest absolute Gasteiger partial charge is 0.263 e. The fourth-order valence-corrected chi connectivity index (χ4v) is 7.68. The molecule has 0 bridgehead atoms. The summed E-state index contributed by atoms with van der Waals surface area (Å²) >= 11 is 13.0. The van der Waals surface area contributed by atoms with Gasteiger partial charge >= 0.3 is 0 Å². The number of phenols is 1. The molecule has 0 aliphatic heterocycles. The van der Waals surface area contributed by atoms with Gasteiger partial charge in [-0.1, -0.05) is 101 Å². The molecule has 0 atom stereocenters. The van der Waals surface area contributed by atoms with Crippen molar-refractivity contribution in [3.05, 3.63) is 151 Å². The van der Waals surface area contributed by atoms with E-state index in [4.69, 9.17) is 37.0 Å². The number of nitrogens with one attached hydrogen (secondary N) is 2. The third-order valence-corrected chi connectivity index (χ3v) is 10.9. The molecule has 306 valence electrons. The molecule has 9 rings (SSSR count). The summed E-state index contributed by atoms with van der Waals surface area (Å²) in [6.45, 7) is 5.57. The molecule has 0 amide bonds. The first-order valence-electron chi connectivity index (χ1n) is 19.0. The van der Waals surface area contributed by atoms with Crippen LogP contribution < -0.4 is 15.9 Å². The van der Waals surface area contributed by atoms with Crippen LogP contribution in [0.4, 0.5) is 0 Å². The largest absolute Gasteiger partial charge is 0.506 e. The van der Waals surface area contributed by atoms with E-state index >= 15 is 0 Å². The Morgan fingerprint density at radius 2 is 1.05 bits per heavy atom. The minimum Gasteiger partial charge on any atom is -0.506 e. The lowest BCUT2D eigenvalue weighted by Gasteiger charge is -2.12. The molecule has 4 heterocycles. The predicted molar refractivity (Wildman–Crippen MR) is 237 cm³/mol. The third-order valence-electron chi connectivity index (χ3n) is 10.3. The van der Waals surface area contributed by atoms with Crippen LogP contribution in [0.25, 0.3) is 77.8 Å². The zero-order chi connectivity index (χ0) is 43.1. The van der Waals surface area contributed by atoms with Gasteiger partial charge < -0.3 is 39.1 Å². The van der Waals surface area contributed by atoms with Gasteiger partial charge in [-0.2, -0.15) is 0 Å². The van der Waals surface area contributed by atoms with Crippen LogP contribution in [-0.4, -0.2) is 42.7 Å². The average Bonchev–Trinajstić information content (AvgIpc) is 3.88. The van der Waals surface area contributed by atoms with Crippen LogP contribution in [-0.2, 0) is 6.42 Å². The van der Waals surface area contributed by atoms with Crippen molar-refractivity contribution in [2.45, 2.75) is 27.2 Å². The summed E-state index contributed by atoms with van der Waals surface area (Å²) in [7, 11) is 1.50. The second-order valence-corrected chi connectivity index (χ2v) is 15.1. The Kier molecular flexibility index (Phi) is 10.9. The molecule has 0 unspecified atom stereocenters. The Bertz CT molecular complexity index is 3240. The number of H-pyrrole nitrogens is 2. The highest BCUT2D eigenvalue weighted by atomic mass is 35.5. The Hall–Kier alpha value is -7.28. The number of fused-ring (bicyclic) bond motifs is 2. The van der Waals surface area contributed by atoms with Crippen LogP contribution in [0.15, 0.2) is 122 Å². The summed E-state index contributed by atoms with van der Waals surface area (Å²) in [4.78, 5) is 30.6. The summed E-state index contributed by atoms with van der Waals surface area (Å²) < 4.78 is 15.6. The number of aromatic hydroxyl groups is 3. The normalized spacial score (nSPS) is 11.2. The van der Waals surface area contributed by atoms with Gasteiger partial charge in [-0.3, -0.25) is 9.59 Å². The number of nitrogens with zero attached hydrogens (tertiary/aromatic N) is 2. The van der Waals surface area contributed by atoms with E-state index in [-0.39, 0.29) is 39.9 Å². The molecule has 5 aromatic carbocycles. The number of phenolic OH excluding ortho intramolecular Hbond substituents is 1. The first-order chi connectivity index (χ1) is 29.3. The zero-order valence-corrected chi connectivity index (χ0v) is 34.6. The van der Waals surface area contributed by atoms with E-state index in [2.05, 4.69) is 27.2 Å². The fourth-order valence-electron chi connectivity index (χ4n) is 7.13. The zero-order valence-electron chi connectivity index (χ0n) is 33.1. The van der Waals surface area contributed by atoms with Gasteiger partial charge in [0.05, 0.1) is 39.6 Å². The molecule has 0 saturated carbocycles. The van der Waals surface area contributed by atoms with E-state index in [1.807, 2.05) is 48.5 Å². The van der Waals surface area contributed by atoms with Gasteiger partial charge in [0.1, 0.15) is 22.6 Å². The number of rotatable bonds is 7. The molecule has 12 nitrogen and oxygen atoms in total. The SMILES string of the molecule is CCc1ccc(-c2cc3c(O)c(-c4cc(C)no4)c(=O)[nH]c3cc2Cl)cc1.COc1cccc(-c2ccc(-c3cc4c(O)c(-c5cc(C)no5)c(=O)[nH]c4cc3Cl)cc2)c1O. The van der Waals surface area contributed by atoms with Crippen LogP contribution in [0.3, 0.4) is 0 Å². The molecule has 0 aliphatic carbocycles. The van der Waals surface area contributed by atoms with E-state index in [9.17, 15) is 24.9 Å². The second-order valence-electron chi connectivity index (χ2n) is 14.3. The number of aryl methyl sites for hydroxylation is 3. The Balaban J connectivity index is 0.000000173. The monoisotopic (exact) mass is 854 g/mol. The van der Waals surface area contributed by atoms with Crippen molar-refractivity contribution in [1.29, 1.82) is 0 Å². The van der Waals surface area contributed by atoms with Crippen LogP contribution in [0, 0.1) is 13.8 Å². The van der Waals surface area contributed by atoms with E-state index in [1.165, 1.54) is 12.7 Å². The quantitative estimate of drug-likeness (QED) is 0.103. The highest BCUT2D eigenvalue weighted by molar-refractivity contribution is 6.34. The van der Waals surface area contributed by atoms with Crippen molar-refractivity contribution < 1.29 is 29.1 Å². The van der Waals surface area contributed by atoms with Crippen LogP contribution in [0.2, 0.25) is 10.0 Å². The van der Waals surface area contributed by atoms with Gasteiger partial charge in [0.2, 0.25) is 0 Å². The molecule has 0 saturated heterocycles. The molecule has 0 aliphatic rings. The molecule has 4 aromatic heterocycles. The van der Waals surface area contributed by atoms with E-state index in [1.54, 1.807) is 68.4 Å². The van der Waals surface area contributed by atoms with Crippen LogP contribution in [0.5, 0.6) is 23.0 Å². The second kappa shape index (κ2) is 16.4. The van der Waals surface area contributed by atoms with Crippen molar-refractivity contribution in [1.82, 2.24) is 20.3 Å². The molecular formula is C47H36Cl2N4O8. The number of para-hydroxylation sites is 1. The van der Waals surface area contributed by atoms with Crippen molar-refractivity contribution in [3.8, 4) is 79.0 Å². The number of halogens is 2. The predicted octanol–water partition coefficient (Wildman–Crippen LogP) is 11.0. The Labute approximate surface area is 357 Å². The Morgan fingerprint density at radius 3 is 1.46 bits per heavy atom. The molecule has 0 radical (unpaired) electrons. The van der Waals surface area contributed by atoms with Gasteiger partial charge in [0.25, 0.3) is 11.1 Å². The van der Waals surface area contributed by atoms with Gasteiger partial charge in [-0.15, -0.1) is 0 Å². The lowest BCUT2D eigenvalue weighted by Crippen LogP contribution is -2.09. The standard InChI is InChI=1S/C26H19ClN2O5.C21H17ClN2O3/c1-13-10-22(34-29-13)23-25(31)18-11-17(19(27)12-20(18)28-26(23)32)15-8-6-14(7-9-15)16-4-3-5-21(33-2)24(16)30;1-3-12-4-6-13(7-5-12)14-9-15-17(10-16(14)22)23-21(26)19(20(15)25)18-8-11(2)24-27-18/h3-12,30H,1-2H3,(H2,28,31,32);4-10H,3H2,1-2H3,(H2,23,25,26). The molecular weight excluding hydrogens is 819 g/mol. The van der Waals surface area contributed by atoms with Crippen molar-refractivity contribution in [2.24, 2.45) is 0 Å². The Morgan fingerprint density at radius 1 is 0.607 bits per heavy atom. The van der Waals surface area contributed by atoms with Crippen molar-refractivity contribution >= 4 is 45.0 Å². The van der Waals surface area contributed by atoms with Gasteiger partial charge in [-0.05, 0) is 72.9 Å². The molecule has 61 heavy (non-hydrogen) atoms. The fraction of sp³-hybridized carbons (Fsp3) is 0.106. The average molecular weight is 856 g/mol. The third kappa shape index (κ3) is 7.70. The summed E-state index contributed by atoms with van der Waals surface area (Å²) in [5, 5.41) is 41.6. The minimum atomic E-state index is -0.507. The highest BCUT2D eigenvalue weighted by Crippen LogP contribution is 2.41. The number of benzene rings is 5. The number of ether oxygens (including phenoxy) is 1. The highest BCUT2D eigenvalue weighted by Gasteiger charge is 2.21. The van der Waals surface area contributed by atoms with Crippen molar-refractivity contribution in [2.75, 3.05) is 7.11 Å². The molecule has 9 aromatic rings. The number of aromatic amines is 2. The number of pyridine rings is 2. The summed E-state index contributed by atoms with van der Waals surface area (Å²) in [6, 6.07) is 30.8. The van der Waals surface area contributed by atoms with Gasteiger partial charge in [-0.25, -0.2) is 0 Å².